The lowest BCUT2D eigenvalue weighted by molar-refractivity contribution is -0.115. The Morgan fingerprint density at radius 3 is 2.52 bits per heavy atom. The molecule has 6 nitrogen and oxygen atoms in total. The second-order valence-corrected chi connectivity index (χ2v) is 8.23. The highest BCUT2D eigenvalue weighted by atomic mass is 79.9. The summed E-state index contributed by atoms with van der Waals surface area (Å²) in [5.41, 5.74) is 3.78. The van der Waals surface area contributed by atoms with Crippen LogP contribution >= 0.6 is 27.7 Å². The van der Waals surface area contributed by atoms with Crippen molar-refractivity contribution >= 4 is 51.3 Å². The molecule has 0 bridgehead atoms. The molecular formula is C25H26BrN3O3S. The van der Waals surface area contributed by atoms with Gasteiger partial charge in [-0.1, -0.05) is 70.2 Å². The lowest BCUT2D eigenvalue weighted by Crippen LogP contribution is -2.22. The van der Waals surface area contributed by atoms with Crippen molar-refractivity contribution in [2.24, 2.45) is 0 Å². The van der Waals surface area contributed by atoms with E-state index < -0.39 is 0 Å². The summed E-state index contributed by atoms with van der Waals surface area (Å²) < 4.78 is 13.2. The minimum absolute atomic E-state index is 0.216. The summed E-state index contributed by atoms with van der Waals surface area (Å²) in [4.78, 5) is 19.5. The zero-order valence-electron chi connectivity index (χ0n) is 18.7. The highest BCUT2D eigenvalue weighted by Crippen LogP contribution is 2.29. The molecule has 1 heterocycles. The second kappa shape index (κ2) is 12.4. The molecule has 3 rings (SSSR count). The Bertz CT molecular complexity index is 1130. The predicted octanol–water partition coefficient (Wildman–Crippen LogP) is 5.44. The summed E-state index contributed by atoms with van der Waals surface area (Å²) in [6, 6.07) is 17.5. The van der Waals surface area contributed by atoms with E-state index in [1.54, 1.807) is 19.1 Å². The number of carbonyl (C=O) groups excluding carboxylic acids is 1. The molecule has 1 amide bonds. The number of likely N-dealkylation sites (N-methyl/N-ethyl adjacent to an activating group) is 1. The van der Waals surface area contributed by atoms with Crippen LogP contribution in [-0.2, 0) is 22.9 Å². The number of hydrogen-bond acceptors (Lipinski definition) is 5. The third-order valence-electron chi connectivity index (χ3n) is 4.85. The average molecular weight is 528 g/mol. The van der Waals surface area contributed by atoms with Crippen LogP contribution in [0.4, 0.5) is 0 Å². The first-order chi connectivity index (χ1) is 16.1. The van der Waals surface area contributed by atoms with Gasteiger partial charge in [0.15, 0.2) is 5.16 Å². The van der Waals surface area contributed by atoms with Crippen molar-refractivity contribution in [3.8, 4) is 5.75 Å². The van der Waals surface area contributed by atoms with Crippen molar-refractivity contribution in [2.45, 2.75) is 18.5 Å². The Kier molecular flexibility index (Phi) is 9.35. The fraction of sp³-hybridized carbons (Fsp3) is 0.200. The number of nitrogens with one attached hydrogen (secondary N) is 1. The number of amides is 1. The van der Waals surface area contributed by atoms with Crippen LogP contribution in [0.15, 0.2) is 64.7 Å². The number of hydrogen-bond donors (Lipinski definition) is 1. The van der Waals surface area contributed by atoms with Gasteiger partial charge in [-0.05, 0) is 46.7 Å². The summed E-state index contributed by atoms with van der Waals surface area (Å²) in [7, 11) is 3.24. The fourth-order valence-electron chi connectivity index (χ4n) is 3.26. The standard InChI is InChI=1S/C25H26BrN3O3S/c1-27-24(30)21(15-18-9-11-20(31-2)12-10-18)23-22(13-14-26)28-25(33-3)29(23)17-32-16-19-7-5-4-6-8-19/h4-15H,16-17H2,1-3H3,(H,27,30)/b14-13-,21-15+. The lowest BCUT2D eigenvalue weighted by Gasteiger charge is -2.14. The monoisotopic (exact) mass is 527 g/mol. The van der Waals surface area contributed by atoms with E-state index in [4.69, 9.17) is 14.5 Å². The van der Waals surface area contributed by atoms with Gasteiger partial charge in [0.2, 0.25) is 0 Å². The molecule has 0 atom stereocenters. The quantitative estimate of drug-likeness (QED) is 0.281. The molecule has 0 saturated heterocycles. The van der Waals surface area contributed by atoms with Gasteiger partial charge in [-0.2, -0.15) is 0 Å². The topological polar surface area (TPSA) is 65.4 Å². The molecule has 1 N–H and O–H groups in total. The smallest absolute Gasteiger partial charge is 0.253 e. The Balaban J connectivity index is 2.05. The zero-order valence-corrected chi connectivity index (χ0v) is 21.2. The van der Waals surface area contributed by atoms with Crippen molar-refractivity contribution in [1.29, 1.82) is 0 Å². The number of carbonyl (C=O) groups is 1. The van der Waals surface area contributed by atoms with E-state index in [1.807, 2.05) is 77.6 Å². The minimum Gasteiger partial charge on any atom is -0.497 e. The first-order valence-corrected chi connectivity index (χ1v) is 12.4. The predicted molar refractivity (Wildman–Crippen MR) is 138 cm³/mol. The Morgan fingerprint density at radius 1 is 1.18 bits per heavy atom. The number of imidazole rings is 1. The second-order valence-electron chi connectivity index (χ2n) is 6.93. The van der Waals surface area contributed by atoms with E-state index >= 15 is 0 Å². The third-order valence-corrected chi connectivity index (χ3v) is 5.79. The average Bonchev–Trinajstić information content (AvgIpc) is 3.20. The Hall–Kier alpha value is -2.81. The molecule has 3 aromatic rings. The maximum absolute atomic E-state index is 13.0. The first kappa shape index (κ1) is 24.8. The summed E-state index contributed by atoms with van der Waals surface area (Å²) in [5.74, 6) is 0.535. The molecule has 1 aromatic heterocycles. The molecule has 0 saturated carbocycles. The number of thioether (sulfide) groups is 1. The number of benzene rings is 2. The van der Waals surface area contributed by atoms with Crippen LogP contribution in [0.5, 0.6) is 5.75 Å². The number of methoxy groups -OCH3 is 1. The highest BCUT2D eigenvalue weighted by molar-refractivity contribution is 9.11. The molecule has 0 fully saturated rings. The van der Waals surface area contributed by atoms with E-state index in [0.717, 1.165) is 22.0 Å². The maximum atomic E-state index is 13.0. The van der Waals surface area contributed by atoms with Crippen molar-refractivity contribution in [3.05, 3.63) is 82.1 Å². The summed E-state index contributed by atoms with van der Waals surface area (Å²) in [6.07, 6.45) is 5.63. The highest BCUT2D eigenvalue weighted by Gasteiger charge is 2.23. The SMILES string of the molecule is CNC(=O)/C(=C/c1ccc(OC)cc1)c1c(/C=C\Br)nc(SC)n1COCc1ccccc1. The number of halogens is 1. The molecule has 0 spiro atoms. The molecule has 0 aliphatic heterocycles. The molecule has 0 aliphatic rings. The summed E-state index contributed by atoms with van der Waals surface area (Å²) >= 11 is 4.84. The van der Waals surface area contributed by atoms with Crippen molar-refractivity contribution < 1.29 is 14.3 Å². The van der Waals surface area contributed by atoms with Crippen molar-refractivity contribution in [1.82, 2.24) is 14.9 Å². The summed E-state index contributed by atoms with van der Waals surface area (Å²) in [6.45, 7) is 0.702. The van der Waals surface area contributed by atoms with Crippen LogP contribution in [0.1, 0.15) is 22.5 Å². The largest absolute Gasteiger partial charge is 0.497 e. The van der Waals surface area contributed by atoms with Crippen LogP contribution in [0, 0.1) is 0 Å². The number of nitrogens with zero attached hydrogens (tertiary/aromatic N) is 2. The van der Waals surface area contributed by atoms with Crippen LogP contribution in [0.25, 0.3) is 17.7 Å². The van der Waals surface area contributed by atoms with Gasteiger partial charge >= 0.3 is 0 Å². The van der Waals surface area contributed by atoms with Crippen LogP contribution in [0.2, 0.25) is 0 Å². The van der Waals surface area contributed by atoms with Crippen molar-refractivity contribution in [2.75, 3.05) is 20.4 Å². The van der Waals surface area contributed by atoms with Crippen LogP contribution in [-0.4, -0.2) is 35.9 Å². The maximum Gasteiger partial charge on any atom is 0.253 e. The lowest BCUT2D eigenvalue weighted by atomic mass is 10.0. The molecule has 33 heavy (non-hydrogen) atoms. The van der Waals surface area contributed by atoms with E-state index in [9.17, 15) is 4.79 Å². The number of ether oxygens (including phenoxy) is 2. The van der Waals surface area contributed by atoms with E-state index in [2.05, 4.69) is 21.2 Å². The van der Waals surface area contributed by atoms with Gasteiger partial charge in [0.05, 0.1) is 30.7 Å². The first-order valence-electron chi connectivity index (χ1n) is 10.2. The zero-order chi connectivity index (χ0) is 23.6. The van der Waals surface area contributed by atoms with Gasteiger partial charge in [0.1, 0.15) is 12.5 Å². The third kappa shape index (κ3) is 6.37. The molecule has 0 aliphatic carbocycles. The molecule has 0 radical (unpaired) electrons. The van der Waals surface area contributed by atoms with Gasteiger partial charge in [0.25, 0.3) is 5.91 Å². The number of rotatable bonds is 10. The van der Waals surface area contributed by atoms with E-state index in [0.29, 0.717) is 23.6 Å². The Labute approximate surface area is 206 Å². The van der Waals surface area contributed by atoms with Gasteiger partial charge in [-0.15, -0.1) is 0 Å². The number of aromatic nitrogens is 2. The van der Waals surface area contributed by atoms with Crippen LogP contribution in [0.3, 0.4) is 0 Å². The normalized spacial score (nSPS) is 11.7. The summed E-state index contributed by atoms with van der Waals surface area (Å²) in [5, 5.41) is 3.51. The van der Waals surface area contributed by atoms with Gasteiger partial charge in [-0.3, -0.25) is 9.36 Å². The Morgan fingerprint density at radius 2 is 1.91 bits per heavy atom. The fourth-order valence-corrected chi connectivity index (χ4v) is 4.06. The van der Waals surface area contributed by atoms with Crippen LogP contribution < -0.4 is 10.1 Å². The van der Waals surface area contributed by atoms with Gasteiger partial charge < -0.3 is 14.8 Å². The van der Waals surface area contributed by atoms with Gasteiger partial charge in [-0.25, -0.2) is 4.98 Å². The van der Waals surface area contributed by atoms with E-state index in [-0.39, 0.29) is 12.6 Å². The van der Waals surface area contributed by atoms with E-state index in [1.165, 1.54) is 11.8 Å². The molecule has 172 valence electrons. The molecule has 0 unspecified atom stereocenters. The molecule has 2 aromatic carbocycles. The van der Waals surface area contributed by atoms with Crippen molar-refractivity contribution in [3.63, 3.8) is 0 Å². The molecule has 8 heteroatoms. The minimum atomic E-state index is -0.216. The van der Waals surface area contributed by atoms with Gasteiger partial charge in [0, 0.05) is 7.05 Å². The molecular weight excluding hydrogens is 502 g/mol.